The Labute approximate surface area is 117 Å². The third-order valence-corrected chi connectivity index (χ3v) is 6.02. The molecule has 3 atom stereocenters. The van der Waals surface area contributed by atoms with Gasteiger partial charge in [-0.05, 0) is 22.5 Å². The normalized spacial score (nSPS) is 31.1. The van der Waals surface area contributed by atoms with Gasteiger partial charge in [-0.3, -0.25) is 4.52 Å². The molecule has 0 bridgehead atoms. The average molecular weight is 294 g/mol. The maximum Gasteiger partial charge on any atom is 0.387 e. The highest BCUT2D eigenvalue weighted by molar-refractivity contribution is 8.55. The van der Waals surface area contributed by atoms with E-state index in [1.54, 1.807) is 18.2 Å². The summed E-state index contributed by atoms with van der Waals surface area (Å²) in [7, 11) is 0. The highest BCUT2D eigenvalue weighted by atomic mass is 32.7. The maximum absolute atomic E-state index is 11.8. The lowest BCUT2D eigenvalue weighted by molar-refractivity contribution is 0.226. The van der Waals surface area contributed by atoms with Gasteiger partial charge in [-0.15, -0.1) is 0 Å². The molecule has 1 fully saturated rings. The van der Waals surface area contributed by atoms with Crippen molar-refractivity contribution in [1.82, 2.24) is 0 Å². The fourth-order valence-electron chi connectivity index (χ4n) is 1.95. The Morgan fingerprint density at radius 1 is 1.37 bits per heavy atom. The van der Waals surface area contributed by atoms with Crippen LogP contribution < -0.4 is 0 Å². The fraction of sp³-hybridized carbons (Fsp3) is 0.143. The van der Waals surface area contributed by atoms with Crippen molar-refractivity contribution in [3.63, 3.8) is 0 Å². The summed E-state index contributed by atoms with van der Waals surface area (Å²) in [5.74, 6) is 0. The van der Waals surface area contributed by atoms with Crippen LogP contribution in [-0.4, -0.2) is 11.0 Å². The predicted molar refractivity (Wildman–Crippen MR) is 79.9 cm³/mol. The lowest BCUT2D eigenvalue weighted by Crippen LogP contribution is -2.15. The summed E-state index contributed by atoms with van der Waals surface area (Å²) in [6.45, 7) is 3.74. The van der Waals surface area contributed by atoms with Crippen LogP contribution in [0.5, 0.6) is 0 Å². The molecule has 3 unspecified atom stereocenters. The van der Waals surface area contributed by atoms with Crippen molar-refractivity contribution in [3.8, 4) is 0 Å². The molecule has 2 rings (SSSR count). The van der Waals surface area contributed by atoms with Crippen LogP contribution in [0.2, 0.25) is 0 Å². The Balaban J connectivity index is 2.40. The van der Waals surface area contributed by atoms with Gasteiger partial charge >= 0.3 is 6.80 Å². The van der Waals surface area contributed by atoms with E-state index in [9.17, 15) is 9.46 Å². The lowest BCUT2D eigenvalue weighted by Gasteiger charge is -2.17. The smallest absolute Gasteiger partial charge is 0.316 e. The van der Waals surface area contributed by atoms with Gasteiger partial charge in [0.15, 0.2) is 0 Å². The summed E-state index contributed by atoms with van der Waals surface area (Å²) in [6, 6.07) is 9.56. The molecular weight excluding hydrogens is 279 g/mol. The van der Waals surface area contributed by atoms with Crippen LogP contribution in [0.15, 0.2) is 67.3 Å². The van der Waals surface area contributed by atoms with Gasteiger partial charge in [-0.2, -0.15) is 0 Å². The van der Waals surface area contributed by atoms with Crippen molar-refractivity contribution < 1.29 is 14.0 Å². The van der Waals surface area contributed by atoms with Gasteiger partial charge in [0, 0.05) is 0 Å². The fourth-order valence-corrected chi connectivity index (χ4v) is 5.49. The molecule has 100 valence electrons. The first kappa shape index (κ1) is 14.4. The number of rotatable bonds is 4. The molecule has 1 aromatic rings. The zero-order valence-electron chi connectivity index (χ0n) is 10.3. The molecule has 0 spiro atoms. The van der Waals surface area contributed by atoms with Crippen LogP contribution in [0.1, 0.15) is 10.8 Å². The average Bonchev–Trinajstić information content (AvgIpc) is 2.73. The molecule has 3 nitrogen and oxygen atoms in total. The van der Waals surface area contributed by atoms with E-state index in [-0.39, 0.29) is 5.25 Å². The van der Waals surface area contributed by atoms with E-state index < -0.39 is 12.9 Å². The van der Waals surface area contributed by atoms with Crippen LogP contribution in [-0.2, 0) is 9.09 Å². The topological polar surface area (TPSA) is 46.5 Å². The molecule has 1 aliphatic rings. The van der Waals surface area contributed by atoms with E-state index >= 15 is 0 Å². The number of allylic oxidation sites excluding steroid dienone is 2. The summed E-state index contributed by atoms with van der Waals surface area (Å²) in [5.41, 5.74) is 1.71. The van der Waals surface area contributed by atoms with Crippen molar-refractivity contribution in [2.24, 2.45) is 0 Å². The van der Waals surface area contributed by atoms with Gasteiger partial charge in [0.2, 0.25) is 0 Å². The Morgan fingerprint density at radius 3 is 2.63 bits per heavy atom. The minimum atomic E-state index is -3.62. The highest BCUT2D eigenvalue weighted by Crippen LogP contribution is 2.70. The molecule has 0 amide bonds. The Morgan fingerprint density at radius 2 is 2.05 bits per heavy atom. The van der Waals surface area contributed by atoms with Crippen molar-refractivity contribution in [3.05, 3.63) is 72.9 Å². The standard InChI is InChI=1S/C14H15O3PS/c1-3-8-11(4-2)13-14(19-18(15,16)17-13)12-9-6-5-7-10-12/h3-10,13-14H,1-2H2,(H,15,16)/b11-8+. The number of hydrogen-bond donors (Lipinski definition) is 1. The molecule has 1 N–H and O–H groups in total. The number of hydrogen-bond acceptors (Lipinski definition) is 3. The van der Waals surface area contributed by atoms with E-state index in [2.05, 4.69) is 13.2 Å². The Hall–Kier alpha value is -1.06. The van der Waals surface area contributed by atoms with Gasteiger partial charge in [0.05, 0.1) is 5.25 Å². The van der Waals surface area contributed by atoms with Crippen molar-refractivity contribution in [2.75, 3.05) is 0 Å². The first-order valence-electron chi connectivity index (χ1n) is 5.77. The first-order chi connectivity index (χ1) is 9.07. The molecule has 1 aliphatic heterocycles. The molecule has 0 radical (unpaired) electrons. The van der Waals surface area contributed by atoms with Crippen molar-refractivity contribution in [1.29, 1.82) is 0 Å². The first-order valence-corrected chi connectivity index (χ1v) is 8.83. The third-order valence-electron chi connectivity index (χ3n) is 2.77. The van der Waals surface area contributed by atoms with Gasteiger partial charge in [0.1, 0.15) is 6.10 Å². The van der Waals surface area contributed by atoms with Gasteiger partial charge < -0.3 is 4.89 Å². The van der Waals surface area contributed by atoms with E-state index in [4.69, 9.17) is 4.52 Å². The molecular formula is C14H15O3PS. The monoisotopic (exact) mass is 294 g/mol. The zero-order valence-corrected chi connectivity index (χ0v) is 12.0. The molecule has 0 aromatic heterocycles. The summed E-state index contributed by atoms with van der Waals surface area (Å²) in [5, 5.41) is -0.221. The predicted octanol–water partition coefficient (Wildman–Crippen LogP) is 4.26. The highest BCUT2D eigenvalue weighted by Gasteiger charge is 2.44. The molecule has 0 aliphatic carbocycles. The molecule has 0 saturated carbocycles. The maximum atomic E-state index is 11.8. The number of benzene rings is 1. The van der Waals surface area contributed by atoms with Crippen molar-refractivity contribution >= 4 is 18.2 Å². The minimum Gasteiger partial charge on any atom is -0.316 e. The second-order valence-corrected chi connectivity index (χ2v) is 7.92. The zero-order chi connectivity index (χ0) is 13.9. The summed E-state index contributed by atoms with van der Waals surface area (Å²) >= 11 is 0.965. The Kier molecular flexibility index (Phi) is 4.48. The van der Waals surface area contributed by atoms with Crippen LogP contribution in [0.25, 0.3) is 0 Å². The van der Waals surface area contributed by atoms with Crippen LogP contribution in [0.3, 0.4) is 0 Å². The summed E-state index contributed by atoms with van der Waals surface area (Å²) in [4.78, 5) is 9.72. The Bertz CT molecular complexity index is 553. The second kappa shape index (κ2) is 5.93. The van der Waals surface area contributed by atoms with Crippen molar-refractivity contribution in [2.45, 2.75) is 11.4 Å². The van der Waals surface area contributed by atoms with E-state index in [0.717, 1.165) is 22.5 Å². The van der Waals surface area contributed by atoms with Crippen LogP contribution in [0.4, 0.5) is 0 Å². The lowest BCUT2D eigenvalue weighted by atomic mass is 10.0. The molecule has 1 saturated heterocycles. The molecule has 1 aromatic carbocycles. The van der Waals surface area contributed by atoms with Gasteiger partial charge in [-0.1, -0.05) is 61.7 Å². The molecule has 5 heteroatoms. The summed E-state index contributed by atoms with van der Waals surface area (Å²) in [6.07, 6.45) is 4.51. The second-order valence-electron chi connectivity index (χ2n) is 4.04. The molecule has 19 heavy (non-hydrogen) atoms. The van der Waals surface area contributed by atoms with E-state index in [0.29, 0.717) is 0 Å². The van der Waals surface area contributed by atoms with Gasteiger partial charge in [-0.25, -0.2) is 4.57 Å². The van der Waals surface area contributed by atoms with Crippen LogP contribution >= 0.6 is 18.2 Å². The van der Waals surface area contributed by atoms with E-state index in [1.165, 1.54) is 0 Å². The third kappa shape index (κ3) is 3.28. The molecule has 1 heterocycles. The largest absolute Gasteiger partial charge is 0.387 e. The van der Waals surface area contributed by atoms with Gasteiger partial charge in [0.25, 0.3) is 0 Å². The summed E-state index contributed by atoms with van der Waals surface area (Å²) < 4.78 is 17.1. The van der Waals surface area contributed by atoms with Crippen LogP contribution in [0, 0.1) is 0 Å². The SMILES string of the molecule is C=C/C=C(\C=C)C1OP(=O)(O)SC1c1ccccc1. The minimum absolute atomic E-state index is 0.221. The quantitative estimate of drug-likeness (QED) is 0.666. The van der Waals surface area contributed by atoms with E-state index in [1.807, 2.05) is 30.3 Å².